The van der Waals surface area contributed by atoms with Crippen LogP contribution in [0.5, 0.6) is 0 Å². The SMILES string of the molecule is CCOC(=O)C(CCC(F)(F)C(F)(F)C(F)(F)C(F)(F)F)(CC(C)C)C(=O)OCC. The summed E-state index contributed by atoms with van der Waals surface area (Å²) in [5, 5.41) is 0. The summed E-state index contributed by atoms with van der Waals surface area (Å²) in [4.78, 5) is 24.7. The van der Waals surface area contributed by atoms with Crippen LogP contribution in [0.4, 0.5) is 39.5 Å². The Bertz CT molecular complexity index is 583. The van der Waals surface area contributed by atoms with E-state index in [2.05, 4.69) is 9.47 Å². The summed E-state index contributed by atoms with van der Waals surface area (Å²) in [6.07, 6.45) is -11.4. The van der Waals surface area contributed by atoms with Crippen LogP contribution in [0.3, 0.4) is 0 Å². The molecule has 4 nitrogen and oxygen atoms in total. The molecule has 0 N–H and O–H groups in total. The lowest BCUT2D eigenvalue weighted by Crippen LogP contribution is -2.61. The molecular weight excluding hydrogens is 439 g/mol. The smallest absolute Gasteiger partial charge is 0.460 e. The Balaban J connectivity index is 6.17. The molecule has 0 bridgehead atoms. The van der Waals surface area contributed by atoms with Crippen LogP contribution >= 0.6 is 0 Å². The van der Waals surface area contributed by atoms with Gasteiger partial charge in [0.15, 0.2) is 5.41 Å². The van der Waals surface area contributed by atoms with Crippen LogP contribution in [-0.2, 0) is 19.1 Å². The summed E-state index contributed by atoms with van der Waals surface area (Å²) in [6, 6.07) is 0. The maximum atomic E-state index is 14.0. The molecule has 0 unspecified atom stereocenters. The Kier molecular flexibility index (Phi) is 9.09. The van der Waals surface area contributed by atoms with Crippen molar-refractivity contribution >= 4 is 11.9 Å². The number of carbonyl (C=O) groups excluding carboxylic acids is 2. The lowest BCUT2D eigenvalue weighted by atomic mass is 9.75. The largest absolute Gasteiger partial charge is 0.465 e. The molecular formula is C17H23F9O4. The summed E-state index contributed by atoms with van der Waals surface area (Å²) >= 11 is 0. The Morgan fingerprint density at radius 1 is 0.733 bits per heavy atom. The highest BCUT2D eigenvalue weighted by Crippen LogP contribution is 2.55. The Morgan fingerprint density at radius 2 is 1.13 bits per heavy atom. The van der Waals surface area contributed by atoms with Gasteiger partial charge < -0.3 is 9.47 Å². The summed E-state index contributed by atoms with van der Waals surface area (Å²) in [5.41, 5.74) is -2.59. The molecule has 0 saturated carbocycles. The lowest BCUT2D eigenvalue weighted by Gasteiger charge is -2.36. The van der Waals surface area contributed by atoms with Crippen molar-refractivity contribution in [3.8, 4) is 0 Å². The first-order valence-corrected chi connectivity index (χ1v) is 8.88. The number of halogens is 9. The zero-order valence-corrected chi connectivity index (χ0v) is 16.6. The monoisotopic (exact) mass is 462 g/mol. The molecule has 0 radical (unpaired) electrons. The van der Waals surface area contributed by atoms with Crippen molar-refractivity contribution in [3.05, 3.63) is 0 Å². The van der Waals surface area contributed by atoms with Crippen LogP contribution in [0, 0.1) is 11.3 Å². The quantitative estimate of drug-likeness (QED) is 0.235. The van der Waals surface area contributed by atoms with Crippen molar-refractivity contribution in [2.45, 2.75) is 70.9 Å². The number of hydrogen-bond donors (Lipinski definition) is 0. The van der Waals surface area contributed by atoms with Gasteiger partial charge in [0.2, 0.25) is 0 Å². The van der Waals surface area contributed by atoms with Crippen molar-refractivity contribution < 1.29 is 58.6 Å². The lowest BCUT2D eigenvalue weighted by molar-refractivity contribution is -0.397. The normalized spacial score (nSPS) is 14.1. The standard InChI is InChI=1S/C17H23F9O4/c1-5-29-11(27)13(9-10(3)4,12(28)30-6-2)7-8-14(18,19)15(20,21)16(22,23)17(24,25)26/h10H,5-9H2,1-4H3. The third-order valence-corrected chi connectivity index (χ3v) is 4.16. The fraction of sp³-hybridized carbons (Fsp3) is 0.882. The van der Waals surface area contributed by atoms with Gasteiger partial charge in [-0.3, -0.25) is 9.59 Å². The number of rotatable bonds is 11. The second-order valence-corrected chi connectivity index (χ2v) is 6.97. The molecule has 30 heavy (non-hydrogen) atoms. The van der Waals surface area contributed by atoms with Crippen LogP contribution in [-0.4, -0.2) is 49.1 Å². The van der Waals surface area contributed by atoms with Crippen molar-refractivity contribution in [2.75, 3.05) is 13.2 Å². The molecule has 0 atom stereocenters. The van der Waals surface area contributed by atoms with Gasteiger partial charge in [0, 0.05) is 6.42 Å². The molecule has 178 valence electrons. The third kappa shape index (κ3) is 5.51. The molecule has 0 rings (SSSR count). The van der Waals surface area contributed by atoms with Gasteiger partial charge in [-0.2, -0.15) is 39.5 Å². The van der Waals surface area contributed by atoms with E-state index in [4.69, 9.17) is 0 Å². The van der Waals surface area contributed by atoms with Crippen LogP contribution in [0.1, 0.15) is 47.0 Å². The zero-order chi connectivity index (χ0) is 24.2. The molecule has 0 aliphatic heterocycles. The van der Waals surface area contributed by atoms with E-state index in [0.29, 0.717) is 0 Å². The zero-order valence-electron chi connectivity index (χ0n) is 16.6. The van der Waals surface area contributed by atoms with Gasteiger partial charge in [-0.1, -0.05) is 13.8 Å². The minimum absolute atomic E-state index is 0.350. The van der Waals surface area contributed by atoms with Crippen LogP contribution in [0.2, 0.25) is 0 Å². The first-order valence-electron chi connectivity index (χ1n) is 8.88. The van der Waals surface area contributed by atoms with E-state index in [1.165, 1.54) is 27.7 Å². The molecule has 0 aliphatic carbocycles. The van der Waals surface area contributed by atoms with Gasteiger partial charge in [0.1, 0.15) is 0 Å². The van der Waals surface area contributed by atoms with Gasteiger partial charge in [-0.05, 0) is 32.6 Å². The first-order chi connectivity index (χ1) is 13.3. The highest BCUT2D eigenvalue weighted by molar-refractivity contribution is 6.00. The van der Waals surface area contributed by atoms with E-state index in [0.717, 1.165) is 0 Å². The van der Waals surface area contributed by atoms with Crippen LogP contribution in [0.15, 0.2) is 0 Å². The van der Waals surface area contributed by atoms with Gasteiger partial charge in [0.25, 0.3) is 0 Å². The molecule has 0 aromatic carbocycles. The van der Waals surface area contributed by atoms with Crippen LogP contribution < -0.4 is 0 Å². The van der Waals surface area contributed by atoms with Gasteiger partial charge in [-0.25, -0.2) is 0 Å². The minimum atomic E-state index is -7.06. The van der Waals surface area contributed by atoms with Crippen molar-refractivity contribution in [1.29, 1.82) is 0 Å². The highest BCUT2D eigenvalue weighted by Gasteiger charge is 2.81. The summed E-state index contributed by atoms with van der Waals surface area (Å²) in [5.74, 6) is -23.3. The maximum Gasteiger partial charge on any atom is 0.460 e. The van der Waals surface area contributed by atoms with Crippen molar-refractivity contribution in [3.63, 3.8) is 0 Å². The summed E-state index contributed by atoms with van der Waals surface area (Å²) in [7, 11) is 0. The summed E-state index contributed by atoms with van der Waals surface area (Å²) < 4.78 is 127. The van der Waals surface area contributed by atoms with Crippen molar-refractivity contribution in [1.82, 2.24) is 0 Å². The number of ether oxygens (including phenoxy) is 2. The molecule has 0 fully saturated rings. The number of esters is 2. The Labute approximate surface area is 167 Å². The fourth-order valence-electron chi connectivity index (χ4n) is 2.73. The van der Waals surface area contributed by atoms with E-state index < -0.39 is 66.5 Å². The maximum absolute atomic E-state index is 14.0. The van der Waals surface area contributed by atoms with E-state index in [9.17, 15) is 49.1 Å². The van der Waals surface area contributed by atoms with Gasteiger partial charge >= 0.3 is 35.9 Å². The average Bonchev–Trinajstić information content (AvgIpc) is 2.57. The molecule has 0 aromatic heterocycles. The third-order valence-electron chi connectivity index (χ3n) is 4.16. The number of hydrogen-bond acceptors (Lipinski definition) is 4. The predicted octanol–water partition coefficient (Wildman–Crippen LogP) is 5.39. The second kappa shape index (κ2) is 9.63. The molecule has 0 aromatic rings. The number of alkyl halides is 9. The second-order valence-electron chi connectivity index (χ2n) is 6.97. The van der Waals surface area contributed by atoms with E-state index >= 15 is 0 Å². The molecule has 0 amide bonds. The van der Waals surface area contributed by atoms with E-state index in [-0.39, 0.29) is 13.2 Å². The van der Waals surface area contributed by atoms with Crippen LogP contribution in [0.25, 0.3) is 0 Å². The molecule has 0 spiro atoms. The van der Waals surface area contributed by atoms with Gasteiger partial charge in [0.05, 0.1) is 13.2 Å². The topological polar surface area (TPSA) is 52.6 Å². The molecule has 0 aliphatic rings. The fourth-order valence-corrected chi connectivity index (χ4v) is 2.73. The van der Waals surface area contributed by atoms with Gasteiger partial charge in [-0.15, -0.1) is 0 Å². The molecule has 0 heterocycles. The predicted molar refractivity (Wildman–Crippen MR) is 85.3 cm³/mol. The van der Waals surface area contributed by atoms with Crippen molar-refractivity contribution in [2.24, 2.45) is 11.3 Å². The first kappa shape index (κ1) is 28.3. The van der Waals surface area contributed by atoms with E-state index in [1.807, 2.05) is 0 Å². The average molecular weight is 462 g/mol. The Morgan fingerprint density at radius 3 is 1.43 bits per heavy atom. The summed E-state index contributed by atoms with van der Waals surface area (Å²) in [6.45, 7) is 4.73. The molecule has 0 saturated heterocycles. The van der Waals surface area contributed by atoms with E-state index in [1.54, 1.807) is 0 Å². The number of carbonyl (C=O) groups is 2. The highest BCUT2D eigenvalue weighted by atomic mass is 19.4. The molecule has 13 heteroatoms. The minimum Gasteiger partial charge on any atom is -0.465 e. The Hall–Kier alpha value is -1.69.